The van der Waals surface area contributed by atoms with Crippen LogP contribution in [0.4, 0.5) is 4.39 Å². The molecule has 3 nitrogen and oxygen atoms in total. The SMILES string of the molecule is CN=C(NCCc1ccc(F)c(Br)c1)NC1CC=CC1. The molecule has 2 rings (SSSR count). The van der Waals surface area contributed by atoms with E-state index in [-0.39, 0.29) is 5.82 Å². The normalized spacial score (nSPS) is 15.7. The van der Waals surface area contributed by atoms with Crippen molar-refractivity contribution in [2.24, 2.45) is 4.99 Å². The maximum atomic E-state index is 13.1. The van der Waals surface area contributed by atoms with E-state index in [4.69, 9.17) is 0 Å². The van der Waals surface area contributed by atoms with Crippen LogP contribution in [0.3, 0.4) is 0 Å². The van der Waals surface area contributed by atoms with E-state index < -0.39 is 0 Å². The molecular weight excluding hydrogens is 321 g/mol. The third-order valence-electron chi connectivity index (χ3n) is 3.26. The molecular formula is C15H19BrFN3. The van der Waals surface area contributed by atoms with Crippen LogP contribution in [0.15, 0.2) is 39.8 Å². The molecule has 20 heavy (non-hydrogen) atoms. The van der Waals surface area contributed by atoms with Gasteiger partial charge in [-0.3, -0.25) is 4.99 Å². The number of guanidine groups is 1. The van der Waals surface area contributed by atoms with Gasteiger partial charge in [-0.25, -0.2) is 4.39 Å². The van der Waals surface area contributed by atoms with Crippen molar-refractivity contribution in [2.75, 3.05) is 13.6 Å². The van der Waals surface area contributed by atoms with Gasteiger partial charge in [-0.15, -0.1) is 0 Å². The van der Waals surface area contributed by atoms with Crippen LogP contribution in [0.25, 0.3) is 0 Å². The van der Waals surface area contributed by atoms with E-state index in [9.17, 15) is 4.39 Å². The maximum absolute atomic E-state index is 13.1. The molecule has 1 aromatic carbocycles. The van der Waals surface area contributed by atoms with Gasteiger partial charge < -0.3 is 10.6 Å². The summed E-state index contributed by atoms with van der Waals surface area (Å²) in [5, 5.41) is 6.66. The number of nitrogens with zero attached hydrogens (tertiary/aromatic N) is 1. The van der Waals surface area contributed by atoms with Crippen molar-refractivity contribution in [3.05, 3.63) is 46.2 Å². The lowest BCUT2D eigenvalue weighted by atomic mass is 10.1. The van der Waals surface area contributed by atoms with Crippen LogP contribution in [-0.4, -0.2) is 25.6 Å². The van der Waals surface area contributed by atoms with Gasteiger partial charge in [-0.1, -0.05) is 18.2 Å². The molecule has 0 heterocycles. The highest BCUT2D eigenvalue weighted by molar-refractivity contribution is 9.10. The molecule has 1 aromatic rings. The lowest BCUT2D eigenvalue weighted by molar-refractivity contribution is 0.619. The summed E-state index contributed by atoms with van der Waals surface area (Å²) in [6.07, 6.45) is 7.28. The van der Waals surface area contributed by atoms with Crippen molar-refractivity contribution >= 4 is 21.9 Å². The molecule has 108 valence electrons. The van der Waals surface area contributed by atoms with Crippen LogP contribution < -0.4 is 10.6 Å². The Bertz CT molecular complexity index is 506. The monoisotopic (exact) mass is 339 g/mol. The summed E-state index contributed by atoms with van der Waals surface area (Å²) in [7, 11) is 1.77. The molecule has 2 N–H and O–H groups in total. The molecule has 0 unspecified atom stereocenters. The second-order valence-electron chi connectivity index (χ2n) is 4.78. The first-order valence-corrected chi connectivity index (χ1v) is 7.54. The molecule has 0 bridgehead atoms. The lowest BCUT2D eigenvalue weighted by Crippen LogP contribution is -2.43. The zero-order valence-corrected chi connectivity index (χ0v) is 13.1. The third kappa shape index (κ3) is 4.34. The van der Waals surface area contributed by atoms with E-state index in [2.05, 4.69) is 43.7 Å². The molecule has 0 atom stereocenters. The molecule has 0 saturated carbocycles. The Kier molecular flexibility index (Phi) is 5.59. The molecule has 0 saturated heterocycles. The standard InChI is InChI=1S/C15H19BrFN3/c1-18-15(20-12-4-2-3-5-12)19-9-8-11-6-7-14(17)13(16)10-11/h2-3,6-7,10,12H,4-5,8-9H2,1H3,(H2,18,19,20). The van der Waals surface area contributed by atoms with Gasteiger partial charge in [0, 0.05) is 19.6 Å². The first-order valence-electron chi connectivity index (χ1n) is 6.75. The molecule has 0 aliphatic heterocycles. The number of hydrogen-bond acceptors (Lipinski definition) is 1. The topological polar surface area (TPSA) is 36.4 Å². The molecule has 0 aromatic heterocycles. The number of rotatable bonds is 4. The number of nitrogens with one attached hydrogen (secondary N) is 2. The fraction of sp³-hybridized carbons (Fsp3) is 0.400. The van der Waals surface area contributed by atoms with Crippen LogP contribution in [0.1, 0.15) is 18.4 Å². The van der Waals surface area contributed by atoms with Gasteiger partial charge in [0.05, 0.1) is 4.47 Å². The van der Waals surface area contributed by atoms with Crippen LogP contribution in [0.2, 0.25) is 0 Å². The van der Waals surface area contributed by atoms with E-state index in [1.165, 1.54) is 6.07 Å². The van der Waals surface area contributed by atoms with Crippen LogP contribution in [0.5, 0.6) is 0 Å². The summed E-state index contributed by atoms with van der Waals surface area (Å²) >= 11 is 3.20. The quantitative estimate of drug-likeness (QED) is 0.502. The fourth-order valence-corrected chi connectivity index (χ4v) is 2.57. The van der Waals surface area contributed by atoms with Gasteiger partial charge in [0.25, 0.3) is 0 Å². The second-order valence-corrected chi connectivity index (χ2v) is 5.64. The molecule has 5 heteroatoms. The Morgan fingerprint density at radius 3 is 2.80 bits per heavy atom. The van der Waals surface area contributed by atoms with Crippen molar-refractivity contribution in [1.29, 1.82) is 0 Å². The number of hydrogen-bond donors (Lipinski definition) is 2. The predicted molar refractivity (Wildman–Crippen MR) is 84.5 cm³/mol. The minimum absolute atomic E-state index is 0.229. The number of benzene rings is 1. The Morgan fingerprint density at radius 2 is 2.15 bits per heavy atom. The average molecular weight is 340 g/mol. The highest BCUT2D eigenvalue weighted by Crippen LogP contribution is 2.16. The summed E-state index contributed by atoms with van der Waals surface area (Å²) in [6, 6.07) is 5.55. The van der Waals surface area contributed by atoms with Gasteiger partial charge in [0.1, 0.15) is 5.82 Å². The zero-order chi connectivity index (χ0) is 14.4. The molecule has 0 radical (unpaired) electrons. The summed E-state index contributed by atoms with van der Waals surface area (Å²) in [5.41, 5.74) is 1.09. The Morgan fingerprint density at radius 1 is 1.40 bits per heavy atom. The Balaban J connectivity index is 1.77. The van der Waals surface area contributed by atoms with Gasteiger partial charge >= 0.3 is 0 Å². The fourth-order valence-electron chi connectivity index (χ4n) is 2.14. The highest BCUT2D eigenvalue weighted by atomic mass is 79.9. The number of aliphatic imine (C=N–C) groups is 1. The average Bonchev–Trinajstić information content (AvgIpc) is 2.94. The van der Waals surface area contributed by atoms with Crippen molar-refractivity contribution in [3.8, 4) is 0 Å². The smallest absolute Gasteiger partial charge is 0.191 e. The molecule has 1 aliphatic carbocycles. The summed E-state index contributed by atoms with van der Waals surface area (Å²) in [5.74, 6) is 0.591. The van der Waals surface area contributed by atoms with E-state index in [1.54, 1.807) is 13.1 Å². The van der Waals surface area contributed by atoms with E-state index in [1.807, 2.05) is 6.07 Å². The minimum atomic E-state index is -0.229. The van der Waals surface area contributed by atoms with Crippen LogP contribution in [-0.2, 0) is 6.42 Å². The molecule has 1 aliphatic rings. The van der Waals surface area contributed by atoms with E-state index in [0.717, 1.165) is 37.3 Å². The van der Waals surface area contributed by atoms with E-state index in [0.29, 0.717) is 10.5 Å². The molecule has 0 spiro atoms. The van der Waals surface area contributed by atoms with Gasteiger partial charge in [-0.05, 0) is 52.9 Å². The molecule has 0 amide bonds. The van der Waals surface area contributed by atoms with Crippen molar-refractivity contribution in [3.63, 3.8) is 0 Å². The van der Waals surface area contributed by atoms with E-state index >= 15 is 0 Å². The minimum Gasteiger partial charge on any atom is -0.356 e. The van der Waals surface area contributed by atoms with Gasteiger partial charge in [0.15, 0.2) is 5.96 Å². The van der Waals surface area contributed by atoms with Crippen molar-refractivity contribution in [2.45, 2.75) is 25.3 Å². The van der Waals surface area contributed by atoms with Crippen molar-refractivity contribution < 1.29 is 4.39 Å². The third-order valence-corrected chi connectivity index (χ3v) is 3.87. The second kappa shape index (κ2) is 7.43. The Labute approximate surface area is 127 Å². The number of halogens is 2. The van der Waals surface area contributed by atoms with Crippen LogP contribution in [0, 0.1) is 5.82 Å². The Hall–Kier alpha value is -1.36. The first-order chi connectivity index (χ1) is 9.69. The molecule has 0 fully saturated rings. The van der Waals surface area contributed by atoms with Crippen molar-refractivity contribution in [1.82, 2.24) is 10.6 Å². The van der Waals surface area contributed by atoms with Crippen LogP contribution >= 0.6 is 15.9 Å². The van der Waals surface area contributed by atoms with Gasteiger partial charge in [-0.2, -0.15) is 0 Å². The maximum Gasteiger partial charge on any atom is 0.191 e. The summed E-state index contributed by atoms with van der Waals surface area (Å²) in [6.45, 7) is 0.762. The zero-order valence-electron chi connectivity index (χ0n) is 11.5. The first kappa shape index (κ1) is 15.0. The summed E-state index contributed by atoms with van der Waals surface area (Å²) in [4.78, 5) is 4.21. The predicted octanol–water partition coefficient (Wildman–Crippen LogP) is 3.01. The summed E-state index contributed by atoms with van der Waals surface area (Å²) < 4.78 is 13.6. The highest BCUT2D eigenvalue weighted by Gasteiger charge is 2.11. The largest absolute Gasteiger partial charge is 0.356 e. The van der Waals surface area contributed by atoms with Gasteiger partial charge in [0.2, 0.25) is 0 Å². The lowest BCUT2D eigenvalue weighted by Gasteiger charge is -2.16.